The maximum absolute atomic E-state index is 11.4. The molecule has 0 heterocycles. The van der Waals surface area contributed by atoms with Crippen LogP contribution >= 0.6 is 0 Å². The summed E-state index contributed by atoms with van der Waals surface area (Å²) in [5, 5.41) is 15.8. The molecule has 0 aliphatic heterocycles. The molecular formula is C17H26N2O4. The van der Waals surface area contributed by atoms with E-state index >= 15 is 0 Å². The van der Waals surface area contributed by atoms with Gasteiger partial charge in [-0.15, -0.1) is 0 Å². The van der Waals surface area contributed by atoms with Crippen LogP contribution in [0.3, 0.4) is 0 Å². The number of phenols is 1. The highest BCUT2D eigenvalue weighted by Crippen LogP contribution is 2.28. The minimum Gasteiger partial charge on any atom is -0.504 e. The first-order chi connectivity index (χ1) is 10.8. The number of carbonyl (C=O) groups excluding carboxylic acids is 1. The molecule has 6 nitrogen and oxygen atoms in total. The lowest BCUT2D eigenvalue weighted by atomic mass is 10.2. The second-order valence-corrected chi connectivity index (χ2v) is 5.95. The fourth-order valence-electron chi connectivity index (χ4n) is 1.79. The molecular weight excluding hydrogens is 296 g/mol. The van der Waals surface area contributed by atoms with Crippen molar-refractivity contribution >= 4 is 6.09 Å². The molecule has 1 aromatic rings. The number of hydrogen-bond donors (Lipinski definition) is 3. The van der Waals surface area contributed by atoms with Crippen LogP contribution in [0.25, 0.3) is 0 Å². The van der Waals surface area contributed by atoms with Crippen molar-refractivity contribution in [1.29, 1.82) is 0 Å². The second kappa shape index (κ2) is 9.05. The zero-order chi connectivity index (χ0) is 17.3. The van der Waals surface area contributed by atoms with Crippen LogP contribution in [0.1, 0.15) is 26.3 Å². The summed E-state index contributed by atoms with van der Waals surface area (Å²) in [6, 6.07) is 5.37. The fourth-order valence-corrected chi connectivity index (χ4v) is 1.79. The number of rotatable bonds is 7. The second-order valence-electron chi connectivity index (χ2n) is 5.95. The molecule has 0 atom stereocenters. The van der Waals surface area contributed by atoms with Gasteiger partial charge < -0.3 is 25.2 Å². The van der Waals surface area contributed by atoms with E-state index in [9.17, 15) is 9.90 Å². The molecule has 1 aromatic carbocycles. The summed E-state index contributed by atoms with van der Waals surface area (Å²) in [4.78, 5) is 11.4. The predicted octanol–water partition coefficient (Wildman–Crippen LogP) is 2.57. The van der Waals surface area contributed by atoms with Crippen molar-refractivity contribution in [3.8, 4) is 11.5 Å². The summed E-state index contributed by atoms with van der Waals surface area (Å²) in [6.45, 7) is 7.00. The van der Waals surface area contributed by atoms with Gasteiger partial charge in [-0.1, -0.05) is 24.3 Å². The van der Waals surface area contributed by atoms with Crippen LogP contribution in [-0.4, -0.2) is 37.0 Å². The lowest BCUT2D eigenvalue weighted by Crippen LogP contribution is -2.32. The van der Waals surface area contributed by atoms with Crippen LogP contribution in [0.15, 0.2) is 30.4 Å². The van der Waals surface area contributed by atoms with Gasteiger partial charge in [-0.25, -0.2) is 4.79 Å². The summed E-state index contributed by atoms with van der Waals surface area (Å²) in [5.41, 5.74) is 0.276. The van der Waals surface area contributed by atoms with E-state index in [0.717, 1.165) is 5.56 Å². The summed E-state index contributed by atoms with van der Waals surface area (Å²) in [6.07, 6.45) is 3.30. The van der Waals surface area contributed by atoms with Gasteiger partial charge in [0.15, 0.2) is 11.5 Å². The summed E-state index contributed by atoms with van der Waals surface area (Å²) < 4.78 is 10.2. The number of benzene rings is 1. The molecule has 0 saturated carbocycles. The molecule has 0 radical (unpaired) electrons. The van der Waals surface area contributed by atoms with Crippen molar-refractivity contribution in [3.05, 3.63) is 35.9 Å². The first-order valence-corrected chi connectivity index (χ1v) is 7.51. The predicted molar refractivity (Wildman–Crippen MR) is 89.7 cm³/mol. The maximum atomic E-state index is 11.4. The maximum Gasteiger partial charge on any atom is 0.407 e. The Kier molecular flexibility index (Phi) is 7.41. The van der Waals surface area contributed by atoms with Gasteiger partial charge in [0.05, 0.1) is 7.11 Å². The van der Waals surface area contributed by atoms with E-state index in [1.807, 2.05) is 45.1 Å². The Morgan fingerprint density at radius 2 is 1.96 bits per heavy atom. The van der Waals surface area contributed by atoms with Crippen LogP contribution in [-0.2, 0) is 11.3 Å². The third-order valence-electron chi connectivity index (χ3n) is 2.81. The molecule has 128 valence electrons. The number of aromatic hydroxyl groups is 1. The molecule has 1 amide bonds. The van der Waals surface area contributed by atoms with Gasteiger partial charge in [0.1, 0.15) is 5.60 Å². The van der Waals surface area contributed by atoms with Gasteiger partial charge in [-0.05, 0) is 26.8 Å². The number of amides is 1. The molecule has 0 spiro atoms. The molecule has 0 aliphatic carbocycles. The van der Waals surface area contributed by atoms with Gasteiger partial charge in [0.2, 0.25) is 0 Å². The van der Waals surface area contributed by atoms with Crippen molar-refractivity contribution in [2.75, 3.05) is 20.2 Å². The summed E-state index contributed by atoms with van der Waals surface area (Å²) in [7, 11) is 1.52. The monoisotopic (exact) mass is 322 g/mol. The van der Waals surface area contributed by atoms with E-state index in [2.05, 4.69) is 10.6 Å². The molecule has 6 heteroatoms. The van der Waals surface area contributed by atoms with Crippen LogP contribution in [0, 0.1) is 0 Å². The van der Waals surface area contributed by atoms with Gasteiger partial charge >= 0.3 is 6.09 Å². The third kappa shape index (κ3) is 7.56. The SMILES string of the molecule is COc1cccc(CNC/C=C/CNC(=O)OC(C)(C)C)c1O. The highest BCUT2D eigenvalue weighted by molar-refractivity contribution is 5.67. The number of ether oxygens (including phenoxy) is 2. The van der Waals surface area contributed by atoms with E-state index in [4.69, 9.17) is 9.47 Å². The quantitative estimate of drug-likeness (QED) is 0.531. The Balaban J connectivity index is 2.24. The van der Waals surface area contributed by atoms with E-state index in [1.165, 1.54) is 7.11 Å². The van der Waals surface area contributed by atoms with Gasteiger partial charge in [-0.2, -0.15) is 0 Å². The van der Waals surface area contributed by atoms with Gasteiger partial charge in [0, 0.05) is 25.2 Å². The largest absolute Gasteiger partial charge is 0.504 e. The Labute approximate surface area is 137 Å². The van der Waals surface area contributed by atoms with Crippen LogP contribution in [0.4, 0.5) is 4.79 Å². The Morgan fingerprint density at radius 1 is 1.26 bits per heavy atom. The average Bonchev–Trinajstić information content (AvgIpc) is 2.46. The number of nitrogens with one attached hydrogen (secondary N) is 2. The van der Waals surface area contributed by atoms with E-state index in [-0.39, 0.29) is 5.75 Å². The minimum absolute atomic E-state index is 0.151. The highest BCUT2D eigenvalue weighted by atomic mass is 16.6. The first-order valence-electron chi connectivity index (χ1n) is 7.51. The zero-order valence-electron chi connectivity index (χ0n) is 14.2. The molecule has 23 heavy (non-hydrogen) atoms. The van der Waals surface area contributed by atoms with Crippen LogP contribution < -0.4 is 15.4 Å². The molecule has 0 saturated heterocycles. The lowest BCUT2D eigenvalue weighted by Gasteiger charge is -2.19. The zero-order valence-corrected chi connectivity index (χ0v) is 14.2. The number of para-hydroxylation sites is 1. The minimum atomic E-state index is -0.492. The fraction of sp³-hybridized carbons (Fsp3) is 0.471. The van der Waals surface area contributed by atoms with Crippen LogP contribution in [0.2, 0.25) is 0 Å². The first kappa shape index (κ1) is 18.8. The van der Waals surface area contributed by atoms with Crippen molar-refractivity contribution in [3.63, 3.8) is 0 Å². The highest BCUT2D eigenvalue weighted by Gasteiger charge is 2.14. The number of methoxy groups -OCH3 is 1. The molecule has 0 bridgehead atoms. The normalized spacial score (nSPS) is 11.5. The van der Waals surface area contributed by atoms with Crippen LogP contribution in [0.5, 0.6) is 11.5 Å². The topological polar surface area (TPSA) is 79.8 Å². The molecule has 0 fully saturated rings. The summed E-state index contributed by atoms with van der Waals surface area (Å²) in [5.74, 6) is 0.611. The lowest BCUT2D eigenvalue weighted by molar-refractivity contribution is 0.0534. The van der Waals surface area contributed by atoms with Crippen molar-refractivity contribution in [1.82, 2.24) is 10.6 Å². The Morgan fingerprint density at radius 3 is 2.61 bits per heavy atom. The van der Waals surface area contributed by atoms with E-state index in [1.54, 1.807) is 6.07 Å². The van der Waals surface area contributed by atoms with Crippen molar-refractivity contribution in [2.24, 2.45) is 0 Å². The van der Waals surface area contributed by atoms with Crippen molar-refractivity contribution in [2.45, 2.75) is 32.9 Å². The van der Waals surface area contributed by atoms with Crippen molar-refractivity contribution < 1.29 is 19.4 Å². The van der Waals surface area contributed by atoms with E-state index < -0.39 is 11.7 Å². The number of hydrogen-bond acceptors (Lipinski definition) is 5. The number of carbonyl (C=O) groups is 1. The summed E-state index contributed by atoms with van der Waals surface area (Å²) >= 11 is 0. The molecule has 0 aliphatic rings. The third-order valence-corrected chi connectivity index (χ3v) is 2.81. The van der Waals surface area contributed by atoms with Gasteiger partial charge in [-0.3, -0.25) is 0 Å². The average molecular weight is 322 g/mol. The van der Waals surface area contributed by atoms with E-state index in [0.29, 0.717) is 25.4 Å². The Bertz CT molecular complexity index is 536. The number of phenolic OH excluding ortho intramolecular Hbond substituents is 1. The molecule has 0 unspecified atom stereocenters. The standard InChI is InChI=1S/C17H26N2O4/c1-17(2,3)23-16(21)19-11-6-5-10-18-12-13-8-7-9-14(22-4)15(13)20/h5-9,18,20H,10-12H2,1-4H3,(H,19,21)/b6-5+. The molecule has 1 rings (SSSR count). The molecule has 3 N–H and O–H groups in total. The number of alkyl carbamates (subject to hydrolysis) is 1. The smallest absolute Gasteiger partial charge is 0.407 e. The Hall–Kier alpha value is -2.21. The molecule has 0 aromatic heterocycles. The van der Waals surface area contributed by atoms with Gasteiger partial charge in [0.25, 0.3) is 0 Å².